The summed E-state index contributed by atoms with van der Waals surface area (Å²) in [6.07, 6.45) is 10.2. The Kier molecular flexibility index (Phi) is 4.71. The van der Waals surface area contributed by atoms with Gasteiger partial charge in [0.2, 0.25) is 0 Å². The van der Waals surface area contributed by atoms with Gasteiger partial charge in [-0.3, -0.25) is 4.79 Å². The number of carbonyl (C=O) groups excluding carboxylic acids is 1. The average Bonchev–Trinajstić information content (AvgIpc) is 2.43. The van der Waals surface area contributed by atoms with Crippen LogP contribution in [0.25, 0.3) is 0 Å². The van der Waals surface area contributed by atoms with E-state index in [1.54, 1.807) is 0 Å². The predicted molar refractivity (Wildman–Crippen MR) is 74.8 cm³/mol. The summed E-state index contributed by atoms with van der Waals surface area (Å²) in [5.41, 5.74) is 2.08. The van der Waals surface area contributed by atoms with Gasteiger partial charge in [0.15, 0.2) is 0 Å². The van der Waals surface area contributed by atoms with Gasteiger partial charge in [0.25, 0.3) is 6.47 Å². The maximum atomic E-state index is 10.6. The molecule has 1 unspecified atom stereocenters. The third kappa shape index (κ3) is 3.46. The van der Waals surface area contributed by atoms with Gasteiger partial charge in [-0.2, -0.15) is 0 Å². The van der Waals surface area contributed by atoms with E-state index in [0.717, 1.165) is 5.57 Å². The van der Waals surface area contributed by atoms with Crippen LogP contribution >= 0.6 is 0 Å². The van der Waals surface area contributed by atoms with Crippen LogP contribution in [0, 0.1) is 11.3 Å². The van der Waals surface area contributed by atoms with E-state index in [-0.39, 0.29) is 5.41 Å². The van der Waals surface area contributed by atoms with Crippen molar-refractivity contribution < 1.29 is 9.53 Å². The van der Waals surface area contributed by atoms with Crippen LogP contribution < -0.4 is 0 Å². The zero-order valence-electron chi connectivity index (χ0n) is 11.9. The molecule has 1 atom stereocenters. The summed E-state index contributed by atoms with van der Waals surface area (Å²) >= 11 is 0. The van der Waals surface area contributed by atoms with Crippen molar-refractivity contribution in [3.63, 3.8) is 0 Å². The maximum Gasteiger partial charge on any atom is 0.298 e. The normalized spacial score (nSPS) is 23.0. The molecule has 0 spiro atoms. The Morgan fingerprint density at radius 1 is 1.28 bits per heavy atom. The van der Waals surface area contributed by atoms with Crippen LogP contribution in [0.5, 0.6) is 0 Å². The summed E-state index contributed by atoms with van der Waals surface area (Å²) in [4.78, 5) is 10.6. The number of hydrogen-bond donors (Lipinski definition) is 0. The zero-order valence-corrected chi connectivity index (χ0v) is 11.9. The Bertz CT molecular complexity index is 432. The molecule has 18 heavy (non-hydrogen) atoms. The average molecular weight is 246 g/mol. The number of hydrogen-bond acceptors (Lipinski definition) is 2. The second kappa shape index (κ2) is 5.85. The van der Waals surface area contributed by atoms with Gasteiger partial charge >= 0.3 is 0 Å². The summed E-state index contributed by atoms with van der Waals surface area (Å²) in [7, 11) is 0. The van der Waals surface area contributed by atoms with E-state index in [1.807, 2.05) is 32.1 Å². The first-order chi connectivity index (χ1) is 8.39. The number of rotatable bonds is 4. The van der Waals surface area contributed by atoms with Crippen molar-refractivity contribution in [2.75, 3.05) is 0 Å². The molecule has 2 heteroatoms. The van der Waals surface area contributed by atoms with Gasteiger partial charge in [-0.05, 0) is 25.8 Å². The number of carbonyl (C=O) groups is 1. The van der Waals surface area contributed by atoms with E-state index in [2.05, 4.69) is 32.9 Å². The molecular formula is C16H22O2. The Hall–Kier alpha value is -1.57. The Morgan fingerprint density at radius 3 is 2.39 bits per heavy atom. The predicted octanol–water partition coefficient (Wildman–Crippen LogP) is 4.17. The standard InChI is InChI=1S/C16H22O2/c1-12(2)10-14-6-8-16(5,13(3)4)9-7-15(14)18-11-17/h6-11,13H,1-5H3. The van der Waals surface area contributed by atoms with E-state index in [1.165, 1.54) is 5.57 Å². The monoisotopic (exact) mass is 246 g/mol. The van der Waals surface area contributed by atoms with Crippen LogP contribution in [0.3, 0.4) is 0 Å². The molecule has 1 aliphatic carbocycles. The first-order valence-corrected chi connectivity index (χ1v) is 6.27. The lowest BCUT2D eigenvalue weighted by atomic mass is 9.79. The second-order valence-corrected chi connectivity index (χ2v) is 5.44. The van der Waals surface area contributed by atoms with Crippen LogP contribution in [-0.2, 0) is 9.53 Å². The van der Waals surface area contributed by atoms with Crippen molar-refractivity contribution >= 4 is 6.47 Å². The highest BCUT2D eigenvalue weighted by molar-refractivity contribution is 5.49. The molecule has 0 fully saturated rings. The Morgan fingerprint density at radius 2 is 1.89 bits per heavy atom. The van der Waals surface area contributed by atoms with Gasteiger partial charge in [0.05, 0.1) is 0 Å². The van der Waals surface area contributed by atoms with Crippen molar-refractivity contribution in [1.82, 2.24) is 0 Å². The van der Waals surface area contributed by atoms with Crippen molar-refractivity contribution in [1.29, 1.82) is 0 Å². The molecular weight excluding hydrogens is 224 g/mol. The third-order valence-electron chi connectivity index (χ3n) is 3.36. The molecule has 0 bridgehead atoms. The molecule has 0 aliphatic heterocycles. The fourth-order valence-corrected chi connectivity index (χ4v) is 1.73. The third-order valence-corrected chi connectivity index (χ3v) is 3.36. The quantitative estimate of drug-likeness (QED) is 0.696. The fourth-order valence-electron chi connectivity index (χ4n) is 1.73. The van der Waals surface area contributed by atoms with E-state index in [0.29, 0.717) is 18.1 Å². The molecule has 0 aromatic carbocycles. The van der Waals surface area contributed by atoms with E-state index in [4.69, 9.17) is 4.74 Å². The molecule has 0 amide bonds. The summed E-state index contributed by atoms with van der Waals surface area (Å²) in [5.74, 6) is 1.08. The minimum absolute atomic E-state index is 0.0191. The van der Waals surface area contributed by atoms with E-state index < -0.39 is 0 Å². The van der Waals surface area contributed by atoms with Crippen LogP contribution in [0.4, 0.5) is 0 Å². The highest BCUT2D eigenvalue weighted by Crippen LogP contribution is 2.34. The van der Waals surface area contributed by atoms with Gasteiger partial charge in [-0.15, -0.1) is 0 Å². The molecule has 0 saturated carbocycles. The largest absolute Gasteiger partial charge is 0.428 e. The summed E-state index contributed by atoms with van der Waals surface area (Å²) < 4.78 is 5.07. The van der Waals surface area contributed by atoms with E-state index in [9.17, 15) is 4.79 Å². The van der Waals surface area contributed by atoms with Crippen molar-refractivity contribution in [3.05, 3.63) is 47.3 Å². The first kappa shape index (κ1) is 14.5. The molecule has 0 radical (unpaired) electrons. The lowest BCUT2D eigenvalue weighted by Crippen LogP contribution is -2.17. The SMILES string of the molecule is CC(C)=CC1=C(OC=O)C=CC(C)(C(C)C)C=C1. The molecule has 0 aromatic rings. The summed E-state index contributed by atoms with van der Waals surface area (Å²) in [6, 6.07) is 0. The number of allylic oxidation sites excluding steroid dienone is 7. The molecule has 2 nitrogen and oxygen atoms in total. The minimum atomic E-state index is -0.0191. The van der Waals surface area contributed by atoms with E-state index >= 15 is 0 Å². The van der Waals surface area contributed by atoms with Gasteiger partial charge < -0.3 is 4.74 Å². The van der Waals surface area contributed by atoms with Gasteiger partial charge in [-0.25, -0.2) is 0 Å². The van der Waals surface area contributed by atoms with Crippen molar-refractivity contribution in [2.24, 2.45) is 11.3 Å². The fraction of sp³-hybridized carbons (Fsp3) is 0.438. The van der Waals surface area contributed by atoms with Crippen molar-refractivity contribution in [2.45, 2.75) is 34.6 Å². The van der Waals surface area contributed by atoms with Crippen LogP contribution in [0.2, 0.25) is 0 Å². The van der Waals surface area contributed by atoms with Gasteiger partial charge in [-0.1, -0.05) is 50.6 Å². The molecule has 0 N–H and O–H groups in total. The van der Waals surface area contributed by atoms with Gasteiger partial charge in [0.1, 0.15) is 5.76 Å². The maximum absolute atomic E-state index is 10.6. The van der Waals surface area contributed by atoms with Crippen LogP contribution in [-0.4, -0.2) is 6.47 Å². The highest BCUT2D eigenvalue weighted by atomic mass is 16.5. The molecule has 1 rings (SSSR count). The molecule has 0 aromatic heterocycles. The number of ether oxygens (including phenoxy) is 1. The minimum Gasteiger partial charge on any atom is -0.428 e. The van der Waals surface area contributed by atoms with Gasteiger partial charge in [0, 0.05) is 11.0 Å². The first-order valence-electron chi connectivity index (χ1n) is 6.27. The molecule has 0 saturated heterocycles. The zero-order chi connectivity index (χ0) is 13.8. The lowest BCUT2D eigenvalue weighted by molar-refractivity contribution is -0.124. The molecule has 98 valence electrons. The summed E-state index contributed by atoms with van der Waals surface area (Å²) in [6.45, 7) is 11.1. The smallest absolute Gasteiger partial charge is 0.298 e. The highest BCUT2D eigenvalue weighted by Gasteiger charge is 2.24. The van der Waals surface area contributed by atoms with Crippen LogP contribution in [0.1, 0.15) is 34.6 Å². The Labute approximate surface area is 110 Å². The lowest BCUT2D eigenvalue weighted by Gasteiger charge is -2.26. The molecule has 0 heterocycles. The second-order valence-electron chi connectivity index (χ2n) is 5.44. The van der Waals surface area contributed by atoms with Crippen molar-refractivity contribution in [3.8, 4) is 0 Å². The van der Waals surface area contributed by atoms with Crippen LogP contribution in [0.15, 0.2) is 47.3 Å². The Balaban J connectivity index is 3.22. The molecule has 1 aliphatic rings. The summed E-state index contributed by atoms with van der Waals surface area (Å²) in [5, 5.41) is 0. The topological polar surface area (TPSA) is 26.3 Å².